The van der Waals surface area contributed by atoms with Crippen molar-refractivity contribution in [3.05, 3.63) is 0 Å². The van der Waals surface area contributed by atoms with Crippen molar-refractivity contribution in [2.75, 3.05) is 0 Å². The van der Waals surface area contributed by atoms with Crippen LogP contribution in [0.3, 0.4) is 0 Å². The van der Waals surface area contributed by atoms with E-state index >= 15 is 0 Å². The minimum Gasteiger partial charge on any atom is -0.481 e. The van der Waals surface area contributed by atoms with Crippen molar-refractivity contribution in [1.29, 1.82) is 0 Å². The van der Waals surface area contributed by atoms with Gasteiger partial charge in [-0.2, -0.15) is 0 Å². The second-order valence-electron chi connectivity index (χ2n) is 3.45. The summed E-state index contributed by atoms with van der Waals surface area (Å²) in [5, 5.41) is 8.45. The standard InChI is InChI=1S/C8H14O2/c1-5-3-7(5)6(2)4-8(9)10/h5-7H,3-4H2,1-2H3,(H,9,10). The number of carbonyl (C=O) groups is 1. The maximum Gasteiger partial charge on any atom is 0.303 e. The van der Waals surface area contributed by atoms with Gasteiger partial charge in [0.25, 0.3) is 0 Å². The molecule has 0 amide bonds. The number of rotatable bonds is 3. The molecule has 58 valence electrons. The van der Waals surface area contributed by atoms with Gasteiger partial charge >= 0.3 is 5.97 Å². The highest BCUT2D eigenvalue weighted by Crippen LogP contribution is 2.44. The summed E-state index contributed by atoms with van der Waals surface area (Å²) in [6.07, 6.45) is 1.57. The molecule has 1 fully saturated rings. The summed E-state index contributed by atoms with van der Waals surface area (Å²) in [7, 11) is 0. The van der Waals surface area contributed by atoms with E-state index in [-0.39, 0.29) is 0 Å². The zero-order valence-electron chi connectivity index (χ0n) is 6.50. The molecule has 1 aliphatic rings. The minimum atomic E-state index is -0.661. The zero-order valence-corrected chi connectivity index (χ0v) is 6.50. The normalized spacial score (nSPS) is 33.4. The van der Waals surface area contributed by atoms with Crippen LogP contribution < -0.4 is 0 Å². The lowest BCUT2D eigenvalue weighted by molar-refractivity contribution is -0.138. The average Bonchev–Trinajstić information content (AvgIpc) is 2.44. The van der Waals surface area contributed by atoms with E-state index in [9.17, 15) is 4.79 Å². The molecular weight excluding hydrogens is 128 g/mol. The van der Waals surface area contributed by atoms with Crippen LogP contribution in [0.5, 0.6) is 0 Å². The summed E-state index contributed by atoms with van der Waals surface area (Å²) in [6, 6.07) is 0. The summed E-state index contributed by atoms with van der Waals surface area (Å²) < 4.78 is 0. The van der Waals surface area contributed by atoms with Gasteiger partial charge in [-0.15, -0.1) is 0 Å². The first kappa shape index (κ1) is 7.58. The Morgan fingerprint density at radius 1 is 1.80 bits per heavy atom. The fourth-order valence-electron chi connectivity index (χ4n) is 1.57. The van der Waals surface area contributed by atoms with Gasteiger partial charge in [-0.3, -0.25) is 4.79 Å². The van der Waals surface area contributed by atoms with Gasteiger partial charge in [0.1, 0.15) is 0 Å². The van der Waals surface area contributed by atoms with Crippen LogP contribution in [0, 0.1) is 17.8 Å². The van der Waals surface area contributed by atoms with E-state index in [0.717, 1.165) is 5.92 Å². The molecule has 2 nitrogen and oxygen atoms in total. The van der Waals surface area contributed by atoms with Gasteiger partial charge in [-0.05, 0) is 24.2 Å². The number of carboxylic acid groups (broad SMARTS) is 1. The Morgan fingerprint density at radius 3 is 2.60 bits per heavy atom. The summed E-state index contributed by atoms with van der Waals surface area (Å²) in [5.41, 5.74) is 0. The third kappa shape index (κ3) is 1.72. The molecule has 0 saturated heterocycles. The molecule has 0 aromatic heterocycles. The second-order valence-corrected chi connectivity index (χ2v) is 3.45. The number of hydrogen-bond donors (Lipinski definition) is 1. The SMILES string of the molecule is CC(CC(=O)O)C1CC1C. The van der Waals surface area contributed by atoms with Crippen LogP contribution in [0.1, 0.15) is 26.7 Å². The van der Waals surface area contributed by atoms with Crippen molar-refractivity contribution in [3.8, 4) is 0 Å². The summed E-state index contributed by atoms with van der Waals surface area (Å²) in [4.78, 5) is 10.2. The van der Waals surface area contributed by atoms with E-state index in [1.54, 1.807) is 0 Å². The second kappa shape index (κ2) is 2.60. The van der Waals surface area contributed by atoms with Crippen LogP contribution in [0.25, 0.3) is 0 Å². The largest absolute Gasteiger partial charge is 0.481 e. The van der Waals surface area contributed by atoms with E-state index < -0.39 is 5.97 Å². The van der Waals surface area contributed by atoms with Gasteiger partial charge < -0.3 is 5.11 Å². The van der Waals surface area contributed by atoms with Crippen LogP contribution in [0.4, 0.5) is 0 Å². The lowest BCUT2D eigenvalue weighted by atomic mass is 10.0. The van der Waals surface area contributed by atoms with Crippen molar-refractivity contribution in [2.24, 2.45) is 17.8 Å². The van der Waals surface area contributed by atoms with Gasteiger partial charge in [0.2, 0.25) is 0 Å². The highest BCUT2D eigenvalue weighted by molar-refractivity contribution is 5.67. The summed E-state index contributed by atoms with van der Waals surface area (Å²) in [6.45, 7) is 4.21. The Hall–Kier alpha value is -0.530. The molecule has 10 heavy (non-hydrogen) atoms. The lowest BCUT2D eigenvalue weighted by Crippen LogP contribution is -2.06. The Morgan fingerprint density at radius 2 is 2.30 bits per heavy atom. The predicted octanol–water partition coefficient (Wildman–Crippen LogP) is 1.75. The Labute approximate surface area is 61.2 Å². The first-order chi connectivity index (χ1) is 4.61. The highest BCUT2D eigenvalue weighted by atomic mass is 16.4. The number of hydrogen-bond acceptors (Lipinski definition) is 1. The third-order valence-electron chi connectivity index (χ3n) is 2.40. The van der Waals surface area contributed by atoms with Crippen molar-refractivity contribution in [3.63, 3.8) is 0 Å². The first-order valence-corrected chi connectivity index (χ1v) is 3.83. The quantitative estimate of drug-likeness (QED) is 0.651. The molecule has 0 aromatic carbocycles. The monoisotopic (exact) mass is 142 g/mol. The average molecular weight is 142 g/mol. The molecule has 2 heteroatoms. The fourth-order valence-corrected chi connectivity index (χ4v) is 1.57. The molecule has 0 heterocycles. The molecule has 0 aromatic rings. The highest BCUT2D eigenvalue weighted by Gasteiger charge is 2.37. The van der Waals surface area contributed by atoms with E-state index in [0.29, 0.717) is 18.3 Å². The minimum absolute atomic E-state index is 0.342. The van der Waals surface area contributed by atoms with Crippen molar-refractivity contribution < 1.29 is 9.90 Å². The first-order valence-electron chi connectivity index (χ1n) is 3.83. The molecular formula is C8H14O2. The van der Waals surface area contributed by atoms with E-state index in [1.807, 2.05) is 6.92 Å². The Bertz CT molecular complexity index is 142. The Balaban J connectivity index is 2.22. The number of carboxylic acids is 1. The molecule has 1 N–H and O–H groups in total. The van der Waals surface area contributed by atoms with Gasteiger partial charge in [-0.1, -0.05) is 13.8 Å². The molecule has 3 unspecified atom stereocenters. The predicted molar refractivity (Wildman–Crippen MR) is 38.7 cm³/mol. The van der Waals surface area contributed by atoms with Crippen molar-refractivity contribution in [2.45, 2.75) is 26.7 Å². The molecule has 0 spiro atoms. The molecule has 0 bridgehead atoms. The summed E-state index contributed by atoms with van der Waals surface area (Å²) in [5.74, 6) is 1.18. The lowest BCUT2D eigenvalue weighted by Gasteiger charge is -2.04. The van der Waals surface area contributed by atoms with Gasteiger partial charge in [0.15, 0.2) is 0 Å². The van der Waals surface area contributed by atoms with E-state index in [4.69, 9.17) is 5.11 Å². The van der Waals surface area contributed by atoms with Crippen LogP contribution in [-0.4, -0.2) is 11.1 Å². The summed E-state index contributed by atoms with van der Waals surface area (Å²) >= 11 is 0. The van der Waals surface area contributed by atoms with Crippen LogP contribution in [0.2, 0.25) is 0 Å². The van der Waals surface area contributed by atoms with Crippen LogP contribution >= 0.6 is 0 Å². The smallest absolute Gasteiger partial charge is 0.303 e. The maximum absolute atomic E-state index is 10.2. The van der Waals surface area contributed by atoms with Crippen LogP contribution in [-0.2, 0) is 4.79 Å². The fraction of sp³-hybridized carbons (Fsp3) is 0.875. The maximum atomic E-state index is 10.2. The van der Waals surface area contributed by atoms with Crippen molar-refractivity contribution in [1.82, 2.24) is 0 Å². The molecule has 0 aliphatic heterocycles. The molecule has 1 rings (SSSR count). The van der Waals surface area contributed by atoms with E-state index in [1.165, 1.54) is 6.42 Å². The number of aliphatic carboxylic acids is 1. The Kier molecular flexibility index (Phi) is 1.97. The topological polar surface area (TPSA) is 37.3 Å². The van der Waals surface area contributed by atoms with Crippen LogP contribution in [0.15, 0.2) is 0 Å². The molecule has 1 aliphatic carbocycles. The molecule has 3 atom stereocenters. The van der Waals surface area contributed by atoms with Gasteiger partial charge in [0.05, 0.1) is 0 Å². The van der Waals surface area contributed by atoms with Gasteiger partial charge in [0, 0.05) is 6.42 Å². The van der Waals surface area contributed by atoms with Gasteiger partial charge in [-0.25, -0.2) is 0 Å². The third-order valence-corrected chi connectivity index (χ3v) is 2.40. The zero-order chi connectivity index (χ0) is 7.72. The van der Waals surface area contributed by atoms with Crippen molar-refractivity contribution >= 4 is 5.97 Å². The van der Waals surface area contributed by atoms with E-state index in [2.05, 4.69) is 6.92 Å². The molecule has 0 radical (unpaired) electrons. The molecule has 1 saturated carbocycles.